The summed E-state index contributed by atoms with van der Waals surface area (Å²) in [7, 11) is 0. The van der Waals surface area contributed by atoms with Crippen molar-refractivity contribution in [3.8, 4) is 0 Å². The van der Waals surface area contributed by atoms with Crippen molar-refractivity contribution in [3.63, 3.8) is 0 Å². The Morgan fingerprint density at radius 1 is 1.03 bits per heavy atom. The first kappa shape index (κ1) is 29.8. The van der Waals surface area contributed by atoms with Gasteiger partial charge < -0.3 is 35.0 Å². The first-order chi connectivity index (χ1) is 18.8. The number of thioether (sulfide) groups is 1. The fourth-order valence-electron chi connectivity index (χ4n) is 7.62. The van der Waals surface area contributed by atoms with Gasteiger partial charge in [0.2, 0.25) is 5.91 Å². The number of fused-ring (bicyclic) bond motifs is 3. The summed E-state index contributed by atoms with van der Waals surface area (Å²) in [5.41, 5.74) is -0.661. The molecule has 4 fully saturated rings. The molecule has 0 aromatic carbocycles. The van der Waals surface area contributed by atoms with E-state index in [0.717, 1.165) is 51.7 Å². The van der Waals surface area contributed by atoms with Gasteiger partial charge in [0.1, 0.15) is 29.9 Å². The van der Waals surface area contributed by atoms with Crippen molar-refractivity contribution < 1.29 is 29.6 Å². The number of carbonyl (C=O) groups is 1. The lowest BCUT2D eigenvalue weighted by atomic mass is 9.85. The lowest BCUT2D eigenvalue weighted by molar-refractivity contribution is -0.205. The van der Waals surface area contributed by atoms with Gasteiger partial charge in [0, 0.05) is 18.4 Å². The molecular formula is C30H50N2O6S. The van der Waals surface area contributed by atoms with Crippen molar-refractivity contribution in [1.82, 2.24) is 10.2 Å². The predicted octanol–water partition coefficient (Wildman–Crippen LogP) is 2.69. The molecule has 2 bridgehead atoms. The number of hydrogen-bond donors (Lipinski definition) is 4. The maximum absolute atomic E-state index is 13.7. The molecule has 222 valence electrons. The van der Waals surface area contributed by atoms with Crippen LogP contribution in [0.25, 0.3) is 0 Å². The minimum absolute atomic E-state index is 0.0483. The average molecular weight is 567 g/mol. The van der Waals surface area contributed by atoms with Crippen LogP contribution in [-0.2, 0) is 14.3 Å². The lowest BCUT2D eigenvalue weighted by Crippen LogP contribution is -2.63. The van der Waals surface area contributed by atoms with Crippen molar-refractivity contribution in [2.45, 2.75) is 119 Å². The van der Waals surface area contributed by atoms with Crippen molar-refractivity contribution >= 4 is 17.7 Å². The molecule has 1 aliphatic carbocycles. The number of rotatable bonds is 6. The first-order valence-electron chi connectivity index (χ1n) is 15.4. The Morgan fingerprint density at radius 2 is 1.79 bits per heavy atom. The Morgan fingerprint density at radius 3 is 2.56 bits per heavy atom. The summed E-state index contributed by atoms with van der Waals surface area (Å²) in [6, 6.07) is -0.498. The highest BCUT2D eigenvalue weighted by molar-refractivity contribution is 8.00. The van der Waals surface area contributed by atoms with Gasteiger partial charge in [0.25, 0.3) is 0 Å². The van der Waals surface area contributed by atoms with Gasteiger partial charge in [-0.3, -0.25) is 4.79 Å². The summed E-state index contributed by atoms with van der Waals surface area (Å²) in [6.07, 6.45) is 8.57. The second kappa shape index (κ2) is 13.5. The molecule has 4 heterocycles. The van der Waals surface area contributed by atoms with Crippen LogP contribution in [0.1, 0.15) is 71.6 Å². The largest absolute Gasteiger partial charge is 0.388 e. The monoisotopic (exact) mass is 566 g/mol. The molecular weight excluding hydrogens is 516 g/mol. The first-order valence-corrected chi connectivity index (χ1v) is 16.4. The Labute approximate surface area is 238 Å². The van der Waals surface area contributed by atoms with E-state index < -0.39 is 35.9 Å². The molecule has 0 spiro atoms. The molecule has 1 amide bonds. The van der Waals surface area contributed by atoms with E-state index in [9.17, 15) is 20.1 Å². The molecule has 9 heteroatoms. The smallest absolute Gasteiger partial charge is 0.226 e. The normalized spacial score (nSPS) is 44.5. The molecule has 11 atom stereocenters. The van der Waals surface area contributed by atoms with Crippen LogP contribution in [0, 0.1) is 23.7 Å². The maximum Gasteiger partial charge on any atom is 0.226 e. The molecule has 4 aliphatic heterocycles. The predicted molar refractivity (Wildman–Crippen MR) is 152 cm³/mol. The third-order valence-electron chi connectivity index (χ3n) is 9.60. The number of ether oxygens (including phenoxy) is 2. The Bertz CT molecular complexity index is 838. The van der Waals surface area contributed by atoms with E-state index in [1.807, 2.05) is 0 Å². The zero-order valence-corrected chi connectivity index (χ0v) is 24.5. The quantitative estimate of drug-likeness (QED) is 0.363. The third kappa shape index (κ3) is 7.22. The SMILES string of the molecule is CC(C)C[C@@H]1CCO[C@@H]2[C@H](CC[C@@H]2C(=O)N[C@@H]2C/C=C\C[C@@H](CN3CCCC3)SC3OC2C(O)C(O)C3O)C1. The van der Waals surface area contributed by atoms with Gasteiger partial charge in [-0.1, -0.05) is 26.0 Å². The number of likely N-dealkylation sites (tertiary alicyclic amines) is 1. The fraction of sp³-hybridized carbons (Fsp3) is 0.900. The number of nitrogens with one attached hydrogen (secondary N) is 1. The van der Waals surface area contributed by atoms with Gasteiger partial charge in [-0.15, -0.1) is 11.8 Å². The number of aliphatic hydroxyl groups excluding tert-OH is 3. The van der Waals surface area contributed by atoms with E-state index in [2.05, 4.69) is 36.2 Å². The summed E-state index contributed by atoms with van der Waals surface area (Å²) in [5.74, 6) is 1.48. The number of aliphatic hydroxyl groups is 3. The van der Waals surface area contributed by atoms with Gasteiger partial charge in [0.15, 0.2) is 0 Å². The van der Waals surface area contributed by atoms with Crippen LogP contribution in [-0.4, -0.2) is 99.6 Å². The van der Waals surface area contributed by atoms with E-state index in [0.29, 0.717) is 30.8 Å². The Kier molecular flexibility index (Phi) is 10.3. The highest BCUT2D eigenvalue weighted by atomic mass is 32.2. The van der Waals surface area contributed by atoms with Gasteiger partial charge in [-0.05, 0) is 88.6 Å². The van der Waals surface area contributed by atoms with Gasteiger partial charge in [0.05, 0.1) is 18.1 Å². The molecule has 4 N–H and O–H groups in total. The zero-order valence-electron chi connectivity index (χ0n) is 23.7. The Balaban J connectivity index is 1.26. The van der Waals surface area contributed by atoms with Gasteiger partial charge >= 0.3 is 0 Å². The molecule has 5 aliphatic rings. The molecule has 5 unspecified atom stereocenters. The fourth-order valence-corrected chi connectivity index (χ4v) is 9.04. The second-order valence-corrected chi connectivity index (χ2v) is 14.5. The second-order valence-electron chi connectivity index (χ2n) is 13.1. The molecule has 8 nitrogen and oxygen atoms in total. The number of hydrogen-bond acceptors (Lipinski definition) is 8. The summed E-state index contributed by atoms with van der Waals surface area (Å²) in [5, 5.41) is 36.0. The number of allylic oxidation sites excluding steroid dienone is 1. The van der Waals surface area contributed by atoms with Gasteiger partial charge in [-0.2, -0.15) is 0 Å². The molecule has 39 heavy (non-hydrogen) atoms. The van der Waals surface area contributed by atoms with E-state index in [1.165, 1.54) is 19.3 Å². The minimum atomic E-state index is -1.32. The average Bonchev–Trinajstić information content (AvgIpc) is 3.51. The van der Waals surface area contributed by atoms with Crippen molar-refractivity contribution in [2.75, 3.05) is 26.2 Å². The van der Waals surface area contributed by atoms with Crippen LogP contribution in [0.4, 0.5) is 0 Å². The topological polar surface area (TPSA) is 111 Å². The van der Waals surface area contributed by atoms with E-state index >= 15 is 0 Å². The number of amides is 1. The summed E-state index contributed by atoms with van der Waals surface area (Å²) in [6.45, 7) is 8.36. The van der Waals surface area contributed by atoms with Gasteiger partial charge in [-0.25, -0.2) is 0 Å². The molecule has 3 saturated heterocycles. The highest BCUT2D eigenvalue weighted by Crippen LogP contribution is 2.42. The molecule has 0 radical (unpaired) electrons. The van der Waals surface area contributed by atoms with E-state index in [-0.39, 0.29) is 23.2 Å². The Hall–Kier alpha value is -0.680. The third-order valence-corrected chi connectivity index (χ3v) is 11.0. The summed E-state index contributed by atoms with van der Waals surface area (Å²) in [4.78, 5) is 16.1. The molecule has 0 aromatic rings. The molecule has 0 aromatic heterocycles. The lowest BCUT2D eigenvalue weighted by Gasteiger charge is -2.44. The van der Waals surface area contributed by atoms with E-state index in [4.69, 9.17) is 9.47 Å². The number of carbonyl (C=O) groups excluding carboxylic acids is 1. The molecule has 5 rings (SSSR count). The van der Waals surface area contributed by atoms with Crippen LogP contribution >= 0.6 is 11.8 Å². The van der Waals surface area contributed by atoms with Crippen LogP contribution in [0.2, 0.25) is 0 Å². The van der Waals surface area contributed by atoms with Crippen LogP contribution in [0.5, 0.6) is 0 Å². The van der Waals surface area contributed by atoms with Crippen LogP contribution in [0.15, 0.2) is 12.2 Å². The van der Waals surface area contributed by atoms with Crippen LogP contribution < -0.4 is 5.32 Å². The summed E-state index contributed by atoms with van der Waals surface area (Å²) >= 11 is 1.54. The zero-order chi connectivity index (χ0) is 27.5. The number of nitrogens with zero attached hydrogens (tertiary/aromatic N) is 1. The minimum Gasteiger partial charge on any atom is -0.388 e. The van der Waals surface area contributed by atoms with Crippen molar-refractivity contribution in [2.24, 2.45) is 23.7 Å². The van der Waals surface area contributed by atoms with Crippen molar-refractivity contribution in [3.05, 3.63) is 12.2 Å². The maximum atomic E-state index is 13.7. The molecule has 1 saturated carbocycles. The van der Waals surface area contributed by atoms with E-state index in [1.54, 1.807) is 11.8 Å². The van der Waals surface area contributed by atoms with Crippen molar-refractivity contribution in [1.29, 1.82) is 0 Å². The van der Waals surface area contributed by atoms with Crippen LogP contribution in [0.3, 0.4) is 0 Å². The standard InChI is InChI=1S/C30H50N2O6S/c1-18(2)15-19-11-14-37-27-20(16-19)9-10-22(27)29(36)31-23-8-4-3-7-21(17-32-12-5-6-13-32)39-30-26(35)24(33)25(34)28(23)38-30/h3-4,18-28,30,33-35H,5-17H2,1-2H3,(H,31,36)/b4-3-/t19-,20+,21-,22-,23+,24?,25?,26?,27+,28?,30?/m0/s1. The summed E-state index contributed by atoms with van der Waals surface area (Å²) < 4.78 is 12.6. The highest BCUT2D eigenvalue weighted by Gasteiger charge is 2.49.